The van der Waals surface area contributed by atoms with E-state index in [1.54, 1.807) is 18.2 Å². The molecule has 37 heavy (non-hydrogen) atoms. The summed E-state index contributed by atoms with van der Waals surface area (Å²) in [5.74, 6) is 0.303. The lowest BCUT2D eigenvalue weighted by Crippen LogP contribution is -2.26. The Morgan fingerprint density at radius 2 is 1.95 bits per heavy atom. The van der Waals surface area contributed by atoms with E-state index in [-0.39, 0.29) is 18.0 Å². The molecular weight excluding hydrogens is 584 g/mol. The zero-order chi connectivity index (χ0) is 26.2. The molecule has 0 bridgehead atoms. The molecule has 0 unspecified atom stereocenters. The number of H-pyrrole nitrogens is 1. The lowest BCUT2D eigenvalue weighted by Gasteiger charge is -2.15. The number of nitriles is 1. The van der Waals surface area contributed by atoms with Gasteiger partial charge in [0.05, 0.1) is 10.2 Å². The number of ether oxygens (including phenoxy) is 2. The molecule has 8 heteroatoms. The smallest absolute Gasteiger partial charge is 0.261 e. The molecule has 1 heterocycles. The number of nitrogens with one attached hydrogen (secondary N) is 2. The average Bonchev–Trinajstić information content (AvgIpc) is 3.31. The van der Waals surface area contributed by atoms with Crippen LogP contribution < -0.4 is 14.8 Å². The molecule has 0 aliphatic heterocycles. The van der Waals surface area contributed by atoms with Crippen molar-refractivity contribution in [3.05, 3.63) is 98.5 Å². The minimum absolute atomic E-state index is 0.00263. The lowest BCUT2D eigenvalue weighted by molar-refractivity contribution is -0.117. The molecule has 188 valence electrons. The van der Waals surface area contributed by atoms with E-state index >= 15 is 0 Å². The van der Waals surface area contributed by atoms with Crippen molar-refractivity contribution >= 4 is 45.5 Å². The minimum atomic E-state index is -0.438. The summed E-state index contributed by atoms with van der Waals surface area (Å²) in [6.07, 6.45) is 4.12. The maximum Gasteiger partial charge on any atom is 0.261 e. The summed E-state index contributed by atoms with van der Waals surface area (Å²) in [6, 6.07) is 19.6. The number of carbonyl (C=O) groups is 1. The second kappa shape index (κ2) is 12.4. The molecule has 2 N–H and O–H groups in total. The van der Waals surface area contributed by atoms with Crippen LogP contribution in [0.3, 0.4) is 0 Å². The third kappa shape index (κ3) is 6.68. The molecule has 0 fully saturated rings. The quantitative estimate of drug-likeness (QED) is 0.128. The number of fused-ring (bicyclic) bond motifs is 1. The van der Waals surface area contributed by atoms with Crippen molar-refractivity contribution in [2.75, 3.05) is 13.2 Å². The summed E-state index contributed by atoms with van der Waals surface area (Å²) in [5, 5.41) is 13.6. The first kappa shape index (κ1) is 26.2. The van der Waals surface area contributed by atoms with Gasteiger partial charge in [0.15, 0.2) is 11.5 Å². The van der Waals surface area contributed by atoms with Crippen LogP contribution in [-0.2, 0) is 17.8 Å². The highest BCUT2D eigenvalue weighted by atomic mass is 127. The molecule has 0 atom stereocenters. The van der Waals surface area contributed by atoms with Gasteiger partial charge in [0.1, 0.15) is 24.1 Å². The summed E-state index contributed by atoms with van der Waals surface area (Å²) in [6.45, 7) is 2.92. The van der Waals surface area contributed by atoms with Crippen molar-refractivity contribution in [3.63, 3.8) is 0 Å². The Morgan fingerprint density at radius 1 is 1.16 bits per heavy atom. The SMILES string of the molecule is CCOc1cc(/C=C(/C#N)C(=O)NCCc2c[nH]c3ccccc23)cc(I)c1OCc1ccc(F)cc1. The molecule has 1 amide bonds. The number of aromatic nitrogens is 1. The molecule has 0 radical (unpaired) electrons. The van der Waals surface area contributed by atoms with Crippen LogP contribution in [0.5, 0.6) is 11.5 Å². The van der Waals surface area contributed by atoms with E-state index in [2.05, 4.69) is 32.9 Å². The van der Waals surface area contributed by atoms with E-state index in [0.29, 0.717) is 36.6 Å². The largest absolute Gasteiger partial charge is 0.490 e. The Kier molecular flexibility index (Phi) is 8.80. The summed E-state index contributed by atoms with van der Waals surface area (Å²) < 4.78 is 25.7. The maximum absolute atomic E-state index is 13.2. The van der Waals surface area contributed by atoms with E-state index in [1.165, 1.54) is 18.2 Å². The first-order valence-electron chi connectivity index (χ1n) is 11.8. The molecule has 0 spiro atoms. The number of halogens is 2. The zero-order valence-corrected chi connectivity index (χ0v) is 22.3. The van der Waals surface area contributed by atoms with Gasteiger partial charge in [-0.05, 0) is 89.0 Å². The van der Waals surface area contributed by atoms with Crippen LogP contribution >= 0.6 is 22.6 Å². The van der Waals surface area contributed by atoms with E-state index in [0.717, 1.165) is 25.6 Å². The van der Waals surface area contributed by atoms with Crippen LogP contribution in [0.25, 0.3) is 17.0 Å². The molecule has 0 saturated carbocycles. The molecule has 6 nitrogen and oxygen atoms in total. The Morgan fingerprint density at radius 3 is 2.70 bits per heavy atom. The second-order valence-corrected chi connectivity index (χ2v) is 9.38. The van der Waals surface area contributed by atoms with Crippen molar-refractivity contribution < 1.29 is 18.7 Å². The van der Waals surface area contributed by atoms with Gasteiger partial charge >= 0.3 is 0 Å². The Labute approximate surface area is 228 Å². The van der Waals surface area contributed by atoms with Gasteiger partial charge in [0.25, 0.3) is 5.91 Å². The summed E-state index contributed by atoms with van der Waals surface area (Å²) in [5.41, 5.74) is 3.61. The Bertz CT molecular complexity index is 1470. The van der Waals surface area contributed by atoms with Crippen molar-refractivity contribution in [1.82, 2.24) is 10.3 Å². The third-order valence-electron chi connectivity index (χ3n) is 5.66. The molecule has 0 aliphatic carbocycles. The van der Waals surface area contributed by atoms with Gasteiger partial charge in [-0.3, -0.25) is 4.79 Å². The van der Waals surface area contributed by atoms with Crippen LogP contribution in [0.15, 0.2) is 72.4 Å². The van der Waals surface area contributed by atoms with Gasteiger partial charge in [0.2, 0.25) is 0 Å². The number of para-hydroxylation sites is 1. The molecule has 4 rings (SSSR count). The fourth-order valence-corrected chi connectivity index (χ4v) is 4.65. The van der Waals surface area contributed by atoms with Crippen molar-refractivity contribution in [1.29, 1.82) is 5.26 Å². The molecule has 4 aromatic rings. The van der Waals surface area contributed by atoms with E-state index in [9.17, 15) is 14.4 Å². The predicted molar refractivity (Wildman–Crippen MR) is 150 cm³/mol. The van der Waals surface area contributed by atoms with Crippen LogP contribution in [0.4, 0.5) is 4.39 Å². The first-order valence-corrected chi connectivity index (χ1v) is 12.8. The van der Waals surface area contributed by atoms with Crippen molar-refractivity contribution in [2.45, 2.75) is 20.0 Å². The number of hydrogen-bond donors (Lipinski definition) is 2. The van der Waals surface area contributed by atoms with Crippen LogP contribution in [-0.4, -0.2) is 24.0 Å². The van der Waals surface area contributed by atoms with E-state index in [4.69, 9.17) is 9.47 Å². The van der Waals surface area contributed by atoms with Gasteiger partial charge in [0, 0.05) is 23.6 Å². The molecule has 0 saturated heterocycles. The number of amides is 1. The molecule has 1 aromatic heterocycles. The van der Waals surface area contributed by atoms with Crippen molar-refractivity contribution in [2.24, 2.45) is 0 Å². The maximum atomic E-state index is 13.2. The molecule has 3 aromatic carbocycles. The molecule has 0 aliphatic rings. The van der Waals surface area contributed by atoms with Crippen LogP contribution in [0, 0.1) is 20.7 Å². The normalized spacial score (nSPS) is 11.2. The zero-order valence-electron chi connectivity index (χ0n) is 20.2. The van der Waals surface area contributed by atoms with Crippen molar-refractivity contribution in [3.8, 4) is 17.6 Å². The summed E-state index contributed by atoms with van der Waals surface area (Å²) in [4.78, 5) is 15.9. The lowest BCUT2D eigenvalue weighted by atomic mass is 10.1. The highest BCUT2D eigenvalue weighted by Gasteiger charge is 2.15. The third-order valence-corrected chi connectivity index (χ3v) is 6.46. The predicted octanol–water partition coefficient (Wildman–Crippen LogP) is 6.16. The van der Waals surface area contributed by atoms with Gasteiger partial charge in [-0.15, -0.1) is 0 Å². The number of carbonyl (C=O) groups excluding carboxylic acids is 1. The Balaban J connectivity index is 1.45. The summed E-state index contributed by atoms with van der Waals surface area (Å²) in [7, 11) is 0. The van der Waals surface area contributed by atoms with E-state index < -0.39 is 5.91 Å². The number of rotatable bonds is 10. The van der Waals surface area contributed by atoms with Gasteiger partial charge in [-0.1, -0.05) is 30.3 Å². The van der Waals surface area contributed by atoms with Gasteiger partial charge < -0.3 is 19.8 Å². The second-order valence-electron chi connectivity index (χ2n) is 8.21. The fourth-order valence-electron chi connectivity index (χ4n) is 3.87. The van der Waals surface area contributed by atoms with E-state index in [1.807, 2.05) is 49.5 Å². The number of nitrogens with zero attached hydrogens (tertiary/aromatic N) is 1. The number of benzene rings is 3. The monoisotopic (exact) mass is 609 g/mol. The average molecular weight is 609 g/mol. The highest BCUT2D eigenvalue weighted by Crippen LogP contribution is 2.35. The topological polar surface area (TPSA) is 87.1 Å². The first-order chi connectivity index (χ1) is 18.0. The minimum Gasteiger partial charge on any atom is -0.490 e. The number of hydrogen-bond acceptors (Lipinski definition) is 4. The highest BCUT2D eigenvalue weighted by molar-refractivity contribution is 14.1. The number of aromatic amines is 1. The van der Waals surface area contributed by atoms with Gasteiger partial charge in [-0.2, -0.15) is 5.26 Å². The fraction of sp³-hybridized carbons (Fsp3) is 0.172. The standard InChI is InChI=1S/C29H25FIN3O3/c1-2-36-27-15-20(14-25(31)28(27)37-18-19-7-9-23(30)10-8-19)13-22(16-32)29(35)33-12-11-21-17-34-26-6-4-3-5-24(21)26/h3-10,13-15,17,34H,2,11-12,18H2,1H3,(H,33,35)/b22-13-. The van der Waals surface area contributed by atoms with Crippen LogP contribution in [0.2, 0.25) is 0 Å². The van der Waals surface area contributed by atoms with Crippen LogP contribution in [0.1, 0.15) is 23.6 Å². The Hall–Kier alpha value is -3.84. The summed E-state index contributed by atoms with van der Waals surface area (Å²) >= 11 is 2.13. The van der Waals surface area contributed by atoms with Gasteiger partial charge in [-0.25, -0.2) is 4.39 Å². The molecular formula is C29H25FIN3O3.